The van der Waals surface area contributed by atoms with Gasteiger partial charge in [0.2, 0.25) is 5.91 Å². The molecule has 1 fully saturated rings. The third kappa shape index (κ3) is 4.68. The van der Waals surface area contributed by atoms with Crippen molar-refractivity contribution in [3.8, 4) is 0 Å². The summed E-state index contributed by atoms with van der Waals surface area (Å²) < 4.78 is 6.46. The number of hydrogen-bond acceptors (Lipinski definition) is 3. The summed E-state index contributed by atoms with van der Waals surface area (Å²) in [5.41, 5.74) is 5.59. The maximum absolute atomic E-state index is 11.9. The van der Waals surface area contributed by atoms with Crippen LogP contribution in [0.2, 0.25) is 18.1 Å². The van der Waals surface area contributed by atoms with Crippen LogP contribution in [-0.4, -0.2) is 43.4 Å². The van der Waals surface area contributed by atoms with Crippen molar-refractivity contribution in [1.29, 1.82) is 0 Å². The van der Waals surface area contributed by atoms with Gasteiger partial charge in [0.15, 0.2) is 8.32 Å². The second kappa shape index (κ2) is 6.57. The summed E-state index contributed by atoms with van der Waals surface area (Å²) in [5, 5.41) is 0.143. The number of likely N-dealkylation sites (tertiary alicyclic amines) is 1. The predicted octanol–water partition coefficient (Wildman–Crippen LogP) is 3.16. The van der Waals surface area contributed by atoms with Crippen molar-refractivity contribution in [2.75, 3.05) is 6.54 Å². The van der Waals surface area contributed by atoms with E-state index >= 15 is 0 Å². The molecule has 2 N–H and O–H groups in total. The average Bonchev–Trinajstić information content (AvgIpc) is 2.57. The van der Waals surface area contributed by atoms with E-state index in [4.69, 9.17) is 10.2 Å². The average molecular weight is 337 g/mol. The molecule has 0 bridgehead atoms. The quantitative estimate of drug-likeness (QED) is 0.805. The van der Waals surface area contributed by atoms with Crippen molar-refractivity contribution < 1.29 is 9.22 Å². The van der Waals surface area contributed by atoms with Gasteiger partial charge in [-0.2, -0.15) is 0 Å². The number of carbonyl (C=O) groups excluding carboxylic acids is 1. The zero-order valence-electron chi connectivity index (χ0n) is 14.8. The van der Waals surface area contributed by atoms with Gasteiger partial charge in [-0.15, -0.1) is 12.4 Å². The fourth-order valence-electron chi connectivity index (χ4n) is 2.53. The molecule has 0 aliphatic carbocycles. The van der Waals surface area contributed by atoms with Gasteiger partial charge < -0.3 is 10.2 Å². The van der Waals surface area contributed by atoms with E-state index in [9.17, 15) is 4.79 Å². The molecule has 0 aromatic carbocycles. The van der Waals surface area contributed by atoms with E-state index in [2.05, 4.69) is 59.5 Å². The van der Waals surface area contributed by atoms with Crippen molar-refractivity contribution in [3.63, 3.8) is 0 Å². The van der Waals surface area contributed by atoms with Gasteiger partial charge in [0.25, 0.3) is 0 Å². The van der Waals surface area contributed by atoms with Crippen LogP contribution in [0.4, 0.5) is 0 Å². The lowest BCUT2D eigenvalue weighted by molar-refractivity contribution is -0.126. The van der Waals surface area contributed by atoms with E-state index in [1.165, 1.54) is 0 Å². The summed E-state index contributed by atoms with van der Waals surface area (Å²) in [4.78, 5) is 14.1. The number of carbonyl (C=O) groups is 1. The molecule has 1 unspecified atom stereocenters. The Morgan fingerprint density at radius 3 is 2.00 bits per heavy atom. The van der Waals surface area contributed by atoms with Gasteiger partial charge in [-0.3, -0.25) is 9.69 Å². The lowest BCUT2D eigenvalue weighted by Crippen LogP contribution is -2.56. The number of hydrogen-bond donors (Lipinski definition) is 1. The fourth-order valence-corrected chi connectivity index (χ4v) is 3.89. The van der Waals surface area contributed by atoms with Crippen LogP contribution in [0, 0.1) is 0 Å². The SMILES string of the molecule is CC(C)(C)N1CCC(O[Si](C)(C)C(C)(C)C)[C@H]1C(N)=O.Cl. The van der Waals surface area contributed by atoms with Crippen LogP contribution in [0.1, 0.15) is 48.0 Å². The molecular weight excluding hydrogens is 304 g/mol. The smallest absolute Gasteiger partial charge is 0.237 e. The van der Waals surface area contributed by atoms with Gasteiger partial charge in [0.1, 0.15) is 6.04 Å². The van der Waals surface area contributed by atoms with E-state index in [0.29, 0.717) is 0 Å². The monoisotopic (exact) mass is 336 g/mol. The maximum Gasteiger partial charge on any atom is 0.237 e. The molecule has 0 spiro atoms. The van der Waals surface area contributed by atoms with Crippen molar-refractivity contribution in [1.82, 2.24) is 4.90 Å². The highest BCUT2D eigenvalue weighted by Crippen LogP contribution is 2.40. The van der Waals surface area contributed by atoms with Crippen LogP contribution >= 0.6 is 12.4 Å². The molecule has 4 nitrogen and oxygen atoms in total. The Labute approximate surface area is 137 Å². The minimum absolute atomic E-state index is 0. The molecule has 1 rings (SSSR count). The van der Waals surface area contributed by atoms with Crippen LogP contribution < -0.4 is 5.73 Å². The second-order valence-corrected chi connectivity index (χ2v) is 13.2. The van der Waals surface area contributed by atoms with Gasteiger partial charge in [-0.1, -0.05) is 20.8 Å². The highest BCUT2D eigenvalue weighted by molar-refractivity contribution is 6.74. The van der Waals surface area contributed by atoms with E-state index in [0.717, 1.165) is 13.0 Å². The van der Waals surface area contributed by atoms with Gasteiger partial charge in [0, 0.05) is 12.1 Å². The molecule has 1 heterocycles. The summed E-state index contributed by atoms with van der Waals surface area (Å²) in [5.74, 6) is -0.263. The molecule has 126 valence electrons. The largest absolute Gasteiger partial charge is 0.412 e. The Balaban J connectivity index is 0.00000400. The van der Waals surface area contributed by atoms with Crippen LogP contribution in [0.25, 0.3) is 0 Å². The van der Waals surface area contributed by atoms with Crippen molar-refractivity contribution in [3.05, 3.63) is 0 Å². The van der Waals surface area contributed by atoms with Crippen LogP contribution in [0.5, 0.6) is 0 Å². The molecule has 1 saturated heterocycles. The van der Waals surface area contributed by atoms with Crippen LogP contribution in [-0.2, 0) is 9.22 Å². The number of nitrogens with zero attached hydrogens (tertiary/aromatic N) is 1. The van der Waals surface area contributed by atoms with Crippen molar-refractivity contribution >= 4 is 26.6 Å². The fraction of sp³-hybridized carbons (Fsp3) is 0.933. The summed E-state index contributed by atoms with van der Waals surface area (Å²) in [6.45, 7) is 18.3. The topological polar surface area (TPSA) is 55.6 Å². The molecule has 0 radical (unpaired) electrons. The van der Waals surface area contributed by atoms with E-state index in [-0.39, 0.29) is 41.0 Å². The second-order valence-electron chi connectivity index (χ2n) is 8.42. The first-order chi connectivity index (χ1) is 8.77. The van der Waals surface area contributed by atoms with Crippen molar-refractivity contribution in [2.24, 2.45) is 5.73 Å². The van der Waals surface area contributed by atoms with Gasteiger partial charge >= 0.3 is 0 Å². The zero-order valence-corrected chi connectivity index (χ0v) is 16.6. The van der Waals surface area contributed by atoms with Gasteiger partial charge in [0.05, 0.1) is 6.10 Å². The molecule has 1 amide bonds. The molecule has 2 atom stereocenters. The molecule has 0 aromatic rings. The van der Waals surface area contributed by atoms with Gasteiger partial charge in [-0.25, -0.2) is 0 Å². The predicted molar refractivity (Wildman–Crippen MR) is 93.4 cm³/mol. The first-order valence-corrected chi connectivity index (χ1v) is 10.4. The Hall–Kier alpha value is -0.103. The molecule has 0 aromatic heterocycles. The first kappa shape index (κ1) is 20.9. The van der Waals surface area contributed by atoms with E-state index in [1.54, 1.807) is 0 Å². The summed E-state index contributed by atoms with van der Waals surface area (Å²) >= 11 is 0. The van der Waals surface area contributed by atoms with Gasteiger partial charge in [-0.05, 0) is 45.3 Å². The van der Waals surface area contributed by atoms with Crippen LogP contribution in [0.15, 0.2) is 0 Å². The van der Waals surface area contributed by atoms with Crippen molar-refractivity contribution in [2.45, 2.75) is 83.8 Å². The van der Waals surface area contributed by atoms with E-state index in [1.807, 2.05) is 0 Å². The van der Waals surface area contributed by atoms with Crippen LogP contribution in [0.3, 0.4) is 0 Å². The Bertz CT molecular complexity index is 375. The number of nitrogens with two attached hydrogens (primary N) is 1. The summed E-state index contributed by atoms with van der Waals surface area (Å²) in [7, 11) is -1.88. The number of amides is 1. The lowest BCUT2D eigenvalue weighted by atomic mass is 10.0. The minimum Gasteiger partial charge on any atom is -0.412 e. The number of primary amides is 1. The first-order valence-electron chi connectivity index (χ1n) is 7.51. The highest BCUT2D eigenvalue weighted by Gasteiger charge is 2.48. The summed E-state index contributed by atoms with van der Waals surface area (Å²) in [6.07, 6.45) is 0.824. The zero-order chi connectivity index (χ0) is 15.9. The Morgan fingerprint density at radius 2 is 1.67 bits per heavy atom. The Morgan fingerprint density at radius 1 is 1.19 bits per heavy atom. The molecule has 1 aliphatic heterocycles. The molecule has 6 heteroatoms. The minimum atomic E-state index is -1.88. The third-order valence-corrected chi connectivity index (χ3v) is 9.25. The normalized spacial score (nSPS) is 24.8. The molecular formula is C15H33ClN2O2Si. The Kier molecular flexibility index (Phi) is 6.53. The summed E-state index contributed by atoms with van der Waals surface area (Å²) in [6, 6.07) is -0.302. The molecule has 0 saturated carbocycles. The van der Waals surface area contributed by atoms with E-state index < -0.39 is 8.32 Å². The third-order valence-electron chi connectivity index (χ3n) is 4.75. The maximum atomic E-state index is 11.9. The lowest BCUT2D eigenvalue weighted by Gasteiger charge is -2.41. The number of halogens is 1. The number of rotatable bonds is 3. The molecule has 21 heavy (non-hydrogen) atoms. The standard InChI is InChI=1S/C15H32N2O2Si.ClH/c1-14(2,3)17-10-9-11(12(17)13(16)18)19-20(7,8)15(4,5)6;/h11-12H,9-10H2,1-8H3,(H2,16,18);1H/t11?,12-;/m0./s1. The highest BCUT2D eigenvalue weighted by atomic mass is 35.5. The molecule has 1 aliphatic rings.